The van der Waals surface area contributed by atoms with Crippen LogP contribution in [-0.4, -0.2) is 33.1 Å². The van der Waals surface area contributed by atoms with Crippen LogP contribution in [0, 0.1) is 0 Å². The Balaban J connectivity index is 0.000000217. The maximum Gasteiger partial charge on any atom is 0.673 e. The lowest BCUT2D eigenvalue weighted by atomic mass is 10.3. The van der Waals surface area contributed by atoms with Gasteiger partial charge >= 0.3 is 7.25 Å². The molecule has 1 aliphatic rings. The Morgan fingerprint density at radius 1 is 1.33 bits per heavy atom. The third kappa shape index (κ3) is 12.4. The molecule has 0 aromatic carbocycles. The Morgan fingerprint density at radius 2 is 1.83 bits per heavy atom. The van der Waals surface area contributed by atoms with Gasteiger partial charge in [0.25, 0.3) is 0 Å². The molecule has 0 aliphatic carbocycles. The van der Waals surface area contributed by atoms with Crippen LogP contribution >= 0.6 is 0 Å². The number of ether oxygens (including phenoxy) is 1. The Bertz CT molecular complexity index is 109. The summed E-state index contributed by atoms with van der Waals surface area (Å²) in [5, 5.41) is 3.21. The van der Waals surface area contributed by atoms with Crippen molar-refractivity contribution in [3.63, 3.8) is 0 Å². The van der Waals surface area contributed by atoms with Gasteiger partial charge in [0.1, 0.15) is 0 Å². The van der Waals surface area contributed by atoms with Crippen LogP contribution in [0.3, 0.4) is 0 Å². The average molecular weight is 188 g/mol. The van der Waals surface area contributed by atoms with Crippen LogP contribution < -0.4 is 5.32 Å². The van der Waals surface area contributed by atoms with Crippen molar-refractivity contribution in [2.45, 2.75) is 13.0 Å². The van der Waals surface area contributed by atoms with Crippen LogP contribution in [0.4, 0.5) is 17.3 Å². The summed E-state index contributed by atoms with van der Waals surface area (Å²) in [6.45, 7) is 4.98. The van der Waals surface area contributed by atoms with Crippen LogP contribution in [0.25, 0.3) is 0 Å². The quantitative estimate of drug-likeness (QED) is 0.456. The van der Waals surface area contributed by atoms with Crippen LogP contribution in [0.1, 0.15) is 6.92 Å². The van der Waals surface area contributed by atoms with E-state index in [1.54, 1.807) is 0 Å². The zero-order valence-electron chi connectivity index (χ0n) is 6.70. The van der Waals surface area contributed by atoms with E-state index in [1.807, 2.05) is 0 Å². The first-order valence-corrected chi connectivity index (χ1v) is 3.59. The summed E-state index contributed by atoms with van der Waals surface area (Å²) in [5.74, 6) is 0. The monoisotopic (exact) mass is 188 g/mol. The van der Waals surface area contributed by atoms with Crippen molar-refractivity contribution < 1.29 is 22.0 Å². The lowest BCUT2D eigenvalue weighted by molar-refractivity contribution is 0.0410. The SMILES string of the molecule is CC1CNCCO1.F[B-](F)(F)F. The Labute approximate surface area is 68.4 Å². The van der Waals surface area contributed by atoms with Crippen LogP contribution in [0.5, 0.6) is 0 Å². The van der Waals surface area contributed by atoms with E-state index in [-0.39, 0.29) is 0 Å². The molecular weight excluding hydrogens is 177 g/mol. The van der Waals surface area contributed by atoms with Gasteiger partial charge in [0.2, 0.25) is 0 Å². The van der Waals surface area contributed by atoms with Crippen molar-refractivity contribution in [2.75, 3.05) is 19.7 Å². The average Bonchev–Trinajstić information content (AvgIpc) is 1.85. The number of hydrogen-bond acceptors (Lipinski definition) is 2. The largest absolute Gasteiger partial charge is 0.673 e. The molecule has 0 spiro atoms. The van der Waals surface area contributed by atoms with Gasteiger partial charge in [0.05, 0.1) is 12.7 Å². The first-order valence-electron chi connectivity index (χ1n) is 3.59. The molecule has 0 aromatic rings. The molecular formula is C5H11BF4NO-. The molecule has 74 valence electrons. The minimum absolute atomic E-state index is 0.425. The van der Waals surface area contributed by atoms with E-state index in [0.717, 1.165) is 19.7 Å². The number of hydrogen-bond donors (Lipinski definition) is 1. The van der Waals surface area contributed by atoms with Crippen LogP contribution in [0.2, 0.25) is 0 Å². The second-order valence-corrected chi connectivity index (χ2v) is 2.38. The topological polar surface area (TPSA) is 21.3 Å². The highest BCUT2D eigenvalue weighted by atomic mass is 19.5. The summed E-state index contributed by atoms with van der Waals surface area (Å²) in [7, 11) is -6.00. The molecule has 0 saturated carbocycles. The van der Waals surface area contributed by atoms with Crippen molar-refractivity contribution in [1.82, 2.24) is 5.32 Å². The van der Waals surface area contributed by atoms with E-state index in [4.69, 9.17) is 4.74 Å². The number of nitrogens with one attached hydrogen (secondary N) is 1. The summed E-state index contributed by atoms with van der Waals surface area (Å²) in [6, 6.07) is 0. The number of morpholine rings is 1. The fraction of sp³-hybridized carbons (Fsp3) is 1.00. The van der Waals surface area contributed by atoms with Crippen molar-refractivity contribution in [2.24, 2.45) is 0 Å². The van der Waals surface area contributed by atoms with Gasteiger partial charge in [-0.05, 0) is 6.92 Å². The third-order valence-electron chi connectivity index (χ3n) is 1.11. The maximum atomic E-state index is 9.75. The van der Waals surface area contributed by atoms with Gasteiger partial charge < -0.3 is 27.3 Å². The maximum absolute atomic E-state index is 9.75. The van der Waals surface area contributed by atoms with E-state index < -0.39 is 7.25 Å². The van der Waals surface area contributed by atoms with E-state index in [9.17, 15) is 17.3 Å². The summed E-state index contributed by atoms with van der Waals surface area (Å²) < 4.78 is 44.2. The molecule has 7 heteroatoms. The summed E-state index contributed by atoms with van der Waals surface area (Å²) in [5.41, 5.74) is 0. The molecule has 1 unspecified atom stereocenters. The Morgan fingerprint density at radius 3 is 2.00 bits per heavy atom. The van der Waals surface area contributed by atoms with Crippen molar-refractivity contribution in [3.8, 4) is 0 Å². The highest BCUT2D eigenvalue weighted by Crippen LogP contribution is 2.06. The summed E-state index contributed by atoms with van der Waals surface area (Å²) in [6.07, 6.45) is 0.425. The molecule has 1 aliphatic heterocycles. The van der Waals surface area contributed by atoms with Gasteiger partial charge in [0.15, 0.2) is 0 Å². The molecule has 1 rings (SSSR count). The van der Waals surface area contributed by atoms with Gasteiger partial charge in [-0.25, -0.2) is 0 Å². The zero-order valence-corrected chi connectivity index (χ0v) is 6.70. The van der Waals surface area contributed by atoms with E-state index >= 15 is 0 Å². The predicted molar refractivity (Wildman–Crippen MR) is 38.5 cm³/mol. The fourth-order valence-electron chi connectivity index (χ4n) is 0.697. The highest BCUT2D eigenvalue weighted by Gasteiger charge is 2.20. The number of rotatable bonds is 0. The lowest BCUT2D eigenvalue weighted by Gasteiger charge is -2.18. The van der Waals surface area contributed by atoms with E-state index in [1.165, 1.54) is 0 Å². The van der Waals surface area contributed by atoms with Crippen LogP contribution in [0.15, 0.2) is 0 Å². The summed E-state index contributed by atoms with van der Waals surface area (Å²) >= 11 is 0. The number of halogens is 4. The van der Waals surface area contributed by atoms with Gasteiger partial charge in [-0.1, -0.05) is 0 Å². The Kier molecular flexibility index (Phi) is 5.24. The van der Waals surface area contributed by atoms with Crippen LogP contribution in [-0.2, 0) is 4.74 Å². The minimum Gasteiger partial charge on any atom is -0.418 e. The molecule has 1 fully saturated rings. The standard InChI is InChI=1S/C5H11NO.BF4/c1-5-4-6-2-3-7-5;2-1(3,4)5/h5-6H,2-4H2,1H3;/q;-1. The summed E-state index contributed by atoms with van der Waals surface area (Å²) in [4.78, 5) is 0. The van der Waals surface area contributed by atoms with Gasteiger partial charge in [-0.2, -0.15) is 0 Å². The first-order chi connectivity index (χ1) is 5.39. The Hall–Kier alpha value is -0.295. The molecule has 1 atom stereocenters. The first kappa shape index (κ1) is 11.7. The van der Waals surface area contributed by atoms with Crippen molar-refractivity contribution >= 4 is 7.25 Å². The molecule has 1 saturated heterocycles. The van der Waals surface area contributed by atoms with E-state index in [0.29, 0.717) is 6.10 Å². The van der Waals surface area contributed by atoms with Crippen molar-refractivity contribution in [3.05, 3.63) is 0 Å². The molecule has 0 amide bonds. The molecule has 0 aromatic heterocycles. The van der Waals surface area contributed by atoms with E-state index in [2.05, 4.69) is 12.2 Å². The molecule has 1 heterocycles. The highest BCUT2D eigenvalue weighted by molar-refractivity contribution is 6.50. The van der Waals surface area contributed by atoms with Gasteiger partial charge in [0, 0.05) is 13.1 Å². The minimum atomic E-state index is -6.00. The second kappa shape index (κ2) is 5.37. The normalized spacial score (nSPS) is 24.2. The third-order valence-corrected chi connectivity index (χ3v) is 1.11. The second-order valence-electron chi connectivity index (χ2n) is 2.38. The fourth-order valence-corrected chi connectivity index (χ4v) is 0.697. The van der Waals surface area contributed by atoms with Gasteiger partial charge in [-0.3, -0.25) is 0 Å². The molecule has 0 bridgehead atoms. The van der Waals surface area contributed by atoms with Crippen molar-refractivity contribution in [1.29, 1.82) is 0 Å². The van der Waals surface area contributed by atoms with Gasteiger partial charge in [-0.15, -0.1) is 0 Å². The zero-order chi connectivity index (χ0) is 9.61. The lowest BCUT2D eigenvalue weighted by Crippen LogP contribution is -2.36. The predicted octanol–water partition coefficient (Wildman–Crippen LogP) is 1.29. The molecule has 2 nitrogen and oxygen atoms in total. The molecule has 1 N–H and O–H groups in total. The smallest absolute Gasteiger partial charge is 0.418 e. The molecule has 12 heavy (non-hydrogen) atoms. The molecule has 0 radical (unpaired) electrons.